The van der Waals surface area contributed by atoms with Crippen LogP contribution in [0.5, 0.6) is 5.75 Å². The van der Waals surface area contributed by atoms with Crippen LogP contribution in [-0.4, -0.2) is 83.7 Å². The van der Waals surface area contributed by atoms with Crippen LogP contribution in [0.4, 0.5) is 4.79 Å². The number of hydrogen-bond acceptors (Lipinski definition) is 11. The maximum absolute atomic E-state index is 14.7. The van der Waals surface area contributed by atoms with E-state index in [-0.39, 0.29) is 25.5 Å². The predicted molar refractivity (Wildman–Crippen MR) is 211 cm³/mol. The van der Waals surface area contributed by atoms with E-state index >= 15 is 0 Å². The van der Waals surface area contributed by atoms with Crippen LogP contribution in [0, 0.1) is 5.92 Å². The molecule has 4 fully saturated rings. The highest BCUT2D eigenvalue weighted by atomic mass is 32.2. The number of alkyl carbamates (subject to hydrolysis) is 1. The summed E-state index contributed by atoms with van der Waals surface area (Å²) in [4.78, 5) is 62.6. The van der Waals surface area contributed by atoms with E-state index in [4.69, 9.17) is 23.3 Å². The molecule has 5 heterocycles. The van der Waals surface area contributed by atoms with Gasteiger partial charge in [-0.1, -0.05) is 37.1 Å². The SMILES string of the molecule is O=C(N[C@H]1CCCCC/C=C\[C@@H]2C[C@@]2(C(=O)NS(=O)(=O)C2CC2)NC(=O)[C@@H]2C[C@@H](Oc3cc(-c4ccco4)nc4c3oc3ccccc34)CN2C1=O)OC1CCCC1. The number of carbonyl (C=O) groups is 4. The first-order valence-electron chi connectivity index (χ1n) is 20.4. The van der Waals surface area contributed by atoms with Crippen molar-refractivity contribution in [3.63, 3.8) is 0 Å². The minimum absolute atomic E-state index is 0.0233. The number of nitrogens with one attached hydrogen (secondary N) is 3. The van der Waals surface area contributed by atoms with Gasteiger partial charge in [0.15, 0.2) is 17.1 Å². The lowest BCUT2D eigenvalue weighted by Gasteiger charge is -2.30. The molecule has 15 nitrogen and oxygen atoms in total. The van der Waals surface area contributed by atoms with Gasteiger partial charge in [-0.15, -0.1) is 0 Å². The summed E-state index contributed by atoms with van der Waals surface area (Å²) in [6.45, 7) is -0.0362. The molecule has 58 heavy (non-hydrogen) atoms. The summed E-state index contributed by atoms with van der Waals surface area (Å²) in [5.74, 6) is -1.51. The molecule has 0 spiro atoms. The van der Waals surface area contributed by atoms with Gasteiger partial charge in [0.05, 0.1) is 18.1 Å². The molecule has 1 saturated heterocycles. The van der Waals surface area contributed by atoms with Crippen molar-refractivity contribution in [3.8, 4) is 17.2 Å². The molecular formula is C42H47N5O10S. The van der Waals surface area contributed by atoms with Crippen molar-refractivity contribution in [2.24, 2.45) is 5.92 Å². The van der Waals surface area contributed by atoms with E-state index in [0.717, 1.165) is 43.9 Å². The van der Waals surface area contributed by atoms with E-state index < -0.39 is 68.7 Å². The summed E-state index contributed by atoms with van der Waals surface area (Å²) < 4.78 is 52.4. The van der Waals surface area contributed by atoms with E-state index in [1.165, 1.54) is 4.90 Å². The monoisotopic (exact) mass is 813 g/mol. The Morgan fingerprint density at radius 1 is 0.966 bits per heavy atom. The van der Waals surface area contributed by atoms with Crippen molar-refractivity contribution >= 4 is 55.9 Å². The number of sulfonamides is 1. The largest absolute Gasteiger partial charge is 0.484 e. The quantitative estimate of drug-likeness (QED) is 0.186. The second-order valence-electron chi connectivity index (χ2n) is 16.3. The molecular weight excluding hydrogens is 767 g/mol. The molecule has 0 bridgehead atoms. The number of furan rings is 2. The summed E-state index contributed by atoms with van der Waals surface area (Å²) in [7, 11) is -3.91. The van der Waals surface area contributed by atoms with E-state index in [0.29, 0.717) is 66.0 Å². The topological polar surface area (TPSA) is 199 Å². The van der Waals surface area contributed by atoms with Crippen molar-refractivity contribution in [3.05, 3.63) is 60.9 Å². The first-order valence-corrected chi connectivity index (χ1v) is 22.0. The fraction of sp³-hybridized carbons (Fsp3) is 0.500. The summed E-state index contributed by atoms with van der Waals surface area (Å²) in [6, 6.07) is 10.6. The second kappa shape index (κ2) is 15.4. The molecule has 5 aliphatic rings. The minimum Gasteiger partial charge on any atom is -0.484 e. The van der Waals surface area contributed by atoms with E-state index in [9.17, 15) is 27.6 Å². The maximum atomic E-state index is 14.7. The van der Waals surface area contributed by atoms with E-state index in [2.05, 4.69) is 15.4 Å². The Hall–Kier alpha value is -5.38. The van der Waals surface area contributed by atoms with Crippen LogP contribution in [0.25, 0.3) is 33.5 Å². The van der Waals surface area contributed by atoms with Crippen LogP contribution in [0.15, 0.2) is 69.7 Å². The number of pyridine rings is 1. The summed E-state index contributed by atoms with van der Waals surface area (Å²) in [5.41, 5.74) is 0.501. The first-order chi connectivity index (χ1) is 28.1. The molecule has 1 aromatic carbocycles. The Labute approximate surface area is 335 Å². The van der Waals surface area contributed by atoms with Gasteiger partial charge in [-0.25, -0.2) is 18.2 Å². The number of rotatable bonds is 8. The molecule has 306 valence electrons. The van der Waals surface area contributed by atoms with Crippen molar-refractivity contribution < 1.29 is 45.9 Å². The zero-order valence-electron chi connectivity index (χ0n) is 32.0. The number of ether oxygens (including phenoxy) is 2. The van der Waals surface area contributed by atoms with Crippen LogP contribution in [0.3, 0.4) is 0 Å². The van der Waals surface area contributed by atoms with Crippen molar-refractivity contribution in [2.45, 2.75) is 119 Å². The third-order valence-electron chi connectivity index (χ3n) is 12.1. The Morgan fingerprint density at radius 2 is 1.78 bits per heavy atom. The molecule has 16 heteroatoms. The highest BCUT2D eigenvalue weighted by Crippen LogP contribution is 2.46. The molecule has 3 aromatic heterocycles. The average Bonchev–Trinajstić information content (AvgIpc) is 3.81. The Balaban J connectivity index is 1.04. The number of nitrogens with zero attached hydrogens (tertiary/aromatic N) is 2. The molecule has 0 radical (unpaired) electrons. The molecule has 5 atom stereocenters. The highest BCUT2D eigenvalue weighted by molar-refractivity contribution is 7.91. The van der Waals surface area contributed by atoms with Crippen molar-refractivity contribution in [1.29, 1.82) is 0 Å². The molecule has 2 aliphatic heterocycles. The Bertz CT molecular complexity index is 2370. The van der Waals surface area contributed by atoms with Gasteiger partial charge in [0, 0.05) is 23.8 Å². The number of aromatic nitrogens is 1. The summed E-state index contributed by atoms with van der Waals surface area (Å²) in [5, 5.41) is 5.86. The smallest absolute Gasteiger partial charge is 0.408 e. The lowest BCUT2D eigenvalue weighted by molar-refractivity contribution is -0.141. The zero-order chi connectivity index (χ0) is 40.0. The number of hydrogen-bond donors (Lipinski definition) is 3. The van der Waals surface area contributed by atoms with E-state index in [1.807, 2.05) is 36.4 Å². The predicted octanol–water partition coefficient (Wildman–Crippen LogP) is 5.63. The molecule has 3 saturated carbocycles. The van der Waals surface area contributed by atoms with Gasteiger partial charge in [0.1, 0.15) is 46.6 Å². The van der Waals surface area contributed by atoms with Crippen LogP contribution in [0.1, 0.15) is 83.5 Å². The molecule has 4 aromatic rings. The summed E-state index contributed by atoms with van der Waals surface area (Å²) >= 11 is 0. The Kier molecular flexibility index (Phi) is 10.1. The van der Waals surface area contributed by atoms with Gasteiger partial charge < -0.3 is 33.8 Å². The van der Waals surface area contributed by atoms with Gasteiger partial charge >= 0.3 is 6.09 Å². The van der Waals surface area contributed by atoms with Crippen LogP contribution in [-0.2, 0) is 29.1 Å². The third-order valence-corrected chi connectivity index (χ3v) is 13.9. The molecule has 3 N–H and O–H groups in total. The normalized spacial score (nSPS) is 27.6. The lowest BCUT2D eigenvalue weighted by atomic mass is 10.0. The number of allylic oxidation sites excluding steroid dienone is 1. The van der Waals surface area contributed by atoms with Crippen LogP contribution >= 0.6 is 0 Å². The third kappa shape index (κ3) is 7.65. The van der Waals surface area contributed by atoms with Crippen LogP contribution in [0.2, 0.25) is 0 Å². The molecule has 0 unspecified atom stereocenters. The summed E-state index contributed by atoms with van der Waals surface area (Å²) in [6.07, 6.45) is 11.6. The van der Waals surface area contributed by atoms with E-state index in [1.54, 1.807) is 24.5 Å². The lowest BCUT2D eigenvalue weighted by Crippen LogP contribution is -2.58. The maximum Gasteiger partial charge on any atom is 0.408 e. The van der Waals surface area contributed by atoms with Gasteiger partial charge in [-0.3, -0.25) is 19.1 Å². The number of amides is 4. The standard InChI is InChI=1S/C42H47N5O10S/c48-38-32-21-27(55-35-22-31(34-17-10-20-54-34)43-36-29-14-8-9-16-33(29)57-37(35)36)24-47(32)39(49)30(44-41(51)56-26-12-6-7-13-26)15-5-3-1-2-4-11-25-23-42(25,45-38)40(50)46-58(52,53)28-18-19-28/h4,8-11,14,16-17,20,22,25-28,30,32H,1-3,5-7,12-13,15,18-19,21,23-24H2,(H,44,51)(H,45,48)(H,46,50)/b11-4-/t25-,27-,30+,32+,42-/m1/s1. The number of carbonyl (C=O) groups excluding carboxylic acids is 4. The highest BCUT2D eigenvalue weighted by Gasteiger charge is 2.62. The van der Waals surface area contributed by atoms with Gasteiger partial charge in [-0.05, 0) is 88.5 Å². The molecule has 4 amide bonds. The first kappa shape index (κ1) is 38.2. The minimum atomic E-state index is -3.91. The molecule has 3 aliphatic carbocycles. The van der Waals surface area contributed by atoms with Crippen LogP contribution < -0.4 is 20.1 Å². The second-order valence-corrected chi connectivity index (χ2v) is 18.2. The number of fused-ring (bicyclic) bond motifs is 5. The fourth-order valence-electron chi connectivity index (χ4n) is 8.65. The van der Waals surface area contributed by atoms with Gasteiger partial charge in [-0.2, -0.15) is 0 Å². The van der Waals surface area contributed by atoms with Gasteiger partial charge in [0.2, 0.25) is 21.8 Å². The number of benzene rings is 1. The van der Waals surface area contributed by atoms with Crippen molar-refractivity contribution in [2.75, 3.05) is 6.54 Å². The van der Waals surface area contributed by atoms with Gasteiger partial charge in [0.25, 0.3) is 5.91 Å². The number of para-hydroxylation sites is 1. The average molecular weight is 814 g/mol. The Morgan fingerprint density at radius 3 is 2.57 bits per heavy atom. The molecule has 9 rings (SSSR count). The fourth-order valence-corrected chi connectivity index (χ4v) is 10.0. The van der Waals surface area contributed by atoms with Crippen molar-refractivity contribution in [1.82, 2.24) is 25.2 Å². The zero-order valence-corrected chi connectivity index (χ0v) is 32.8.